The van der Waals surface area contributed by atoms with Gasteiger partial charge in [-0.1, -0.05) is 0 Å². The monoisotopic (exact) mass is 308 g/mol. The van der Waals surface area contributed by atoms with Gasteiger partial charge in [0.25, 0.3) is 0 Å². The lowest BCUT2D eigenvalue weighted by Gasteiger charge is -2.20. The first kappa shape index (κ1) is 15.1. The summed E-state index contributed by atoms with van der Waals surface area (Å²) in [6.45, 7) is 3.07. The van der Waals surface area contributed by atoms with E-state index in [1.54, 1.807) is 6.92 Å². The van der Waals surface area contributed by atoms with Crippen molar-refractivity contribution in [1.82, 2.24) is 9.55 Å². The number of hydrogen-bond donors (Lipinski definition) is 0. The van der Waals surface area contributed by atoms with E-state index in [4.69, 9.17) is 11.6 Å². The zero-order chi connectivity index (χ0) is 15.1. The van der Waals surface area contributed by atoms with Crippen molar-refractivity contribution in [2.45, 2.75) is 37.9 Å². The van der Waals surface area contributed by atoms with Gasteiger partial charge in [-0.3, -0.25) is 0 Å². The quantitative estimate of drug-likeness (QED) is 0.577. The van der Waals surface area contributed by atoms with Gasteiger partial charge < -0.3 is 4.57 Å². The van der Waals surface area contributed by atoms with E-state index in [1.165, 1.54) is 29.7 Å². The van der Waals surface area contributed by atoms with Crippen molar-refractivity contribution in [2.75, 3.05) is 0 Å². The summed E-state index contributed by atoms with van der Waals surface area (Å²) in [7, 11) is 0. The van der Waals surface area contributed by atoms with Crippen LogP contribution in [0.4, 0.5) is 17.6 Å². The fourth-order valence-corrected chi connectivity index (χ4v) is 2.41. The number of benzene rings is 1. The van der Waals surface area contributed by atoms with E-state index in [0.29, 0.717) is 16.9 Å². The highest BCUT2D eigenvalue weighted by Crippen LogP contribution is 2.33. The van der Waals surface area contributed by atoms with Gasteiger partial charge in [0.15, 0.2) is 0 Å². The molecule has 1 aromatic carbocycles. The minimum Gasteiger partial charge on any atom is -0.324 e. The van der Waals surface area contributed by atoms with Gasteiger partial charge in [0, 0.05) is 12.1 Å². The minimum atomic E-state index is -4.29. The Balaban J connectivity index is 2.57. The number of halogens is 5. The highest BCUT2D eigenvalue weighted by Gasteiger charge is 2.32. The molecule has 110 valence electrons. The van der Waals surface area contributed by atoms with Crippen molar-refractivity contribution in [2.24, 2.45) is 0 Å². The maximum Gasteiger partial charge on any atom is 0.391 e. The van der Waals surface area contributed by atoms with Gasteiger partial charge in [0.05, 0.1) is 22.8 Å². The van der Waals surface area contributed by atoms with Gasteiger partial charge in [-0.05, 0) is 26.0 Å². The molecule has 2 rings (SSSR count). The number of alkyl halides is 4. The van der Waals surface area contributed by atoms with Crippen LogP contribution in [0, 0.1) is 5.82 Å². The maximum absolute atomic E-state index is 13.2. The van der Waals surface area contributed by atoms with E-state index in [0.717, 1.165) is 0 Å². The van der Waals surface area contributed by atoms with Crippen molar-refractivity contribution in [3.63, 3.8) is 0 Å². The molecular weight excluding hydrogens is 296 g/mol. The Morgan fingerprint density at radius 1 is 1.30 bits per heavy atom. The van der Waals surface area contributed by atoms with Crippen LogP contribution in [0.2, 0.25) is 0 Å². The van der Waals surface area contributed by atoms with Crippen LogP contribution in [-0.4, -0.2) is 15.7 Å². The smallest absolute Gasteiger partial charge is 0.324 e. The molecular formula is C13H13ClF4N2. The van der Waals surface area contributed by atoms with Crippen LogP contribution >= 0.6 is 11.6 Å². The molecule has 0 saturated carbocycles. The molecule has 0 spiro atoms. The van der Waals surface area contributed by atoms with Crippen molar-refractivity contribution >= 4 is 22.6 Å². The van der Waals surface area contributed by atoms with Gasteiger partial charge in [-0.25, -0.2) is 9.37 Å². The Labute approximate surface area is 118 Å². The molecule has 2 unspecified atom stereocenters. The van der Waals surface area contributed by atoms with Crippen LogP contribution in [0.3, 0.4) is 0 Å². The van der Waals surface area contributed by atoms with E-state index < -0.39 is 29.8 Å². The van der Waals surface area contributed by atoms with E-state index >= 15 is 0 Å². The third kappa shape index (κ3) is 3.06. The molecule has 0 N–H and O–H groups in total. The molecule has 1 aromatic heterocycles. The summed E-state index contributed by atoms with van der Waals surface area (Å²) in [4.78, 5) is 4.15. The highest BCUT2D eigenvalue weighted by atomic mass is 35.5. The Kier molecular flexibility index (Phi) is 3.95. The second kappa shape index (κ2) is 5.24. The number of fused-ring (bicyclic) bond motifs is 1. The Morgan fingerprint density at radius 3 is 2.50 bits per heavy atom. The van der Waals surface area contributed by atoms with Crippen molar-refractivity contribution in [3.8, 4) is 0 Å². The van der Waals surface area contributed by atoms with Gasteiger partial charge >= 0.3 is 6.18 Å². The number of imidazole rings is 1. The Morgan fingerprint density at radius 2 is 1.95 bits per heavy atom. The summed E-state index contributed by atoms with van der Waals surface area (Å²) in [5.41, 5.74) is 0.757. The molecule has 0 radical (unpaired) electrons. The van der Waals surface area contributed by atoms with Crippen molar-refractivity contribution in [3.05, 3.63) is 29.8 Å². The molecule has 2 atom stereocenters. The van der Waals surface area contributed by atoms with E-state index in [9.17, 15) is 17.6 Å². The molecule has 0 saturated heterocycles. The SMILES string of the molecule is CC(Cl)c1nc2cc(F)ccc2n1C(C)CC(F)(F)F. The van der Waals surface area contributed by atoms with Crippen molar-refractivity contribution in [1.29, 1.82) is 0 Å². The minimum absolute atomic E-state index is 0.307. The first-order chi connectivity index (χ1) is 9.19. The normalized spacial score (nSPS) is 15.6. The third-order valence-electron chi connectivity index (χ3n) is 3.00. The molecule has 0 bridgehead atoms. The molecule has 7 heteroatoms. The third-order valence-corrected chi connectivity index (χ3v) is 3.20. The average Bonchev–Trinajstić information content (AvgIpc) is 2.64. The zero-order valence-electron chi connectivity index (χ0n) is 10.9. The Hall–Kier alpha value is -1.30. The Bertz CT molecular complexity index is 619. The highest BCUT2D eigenvalue weighted by molar-refractivity contribution is 6.20. The van der Waals surface area contributed by atoms with E-state index in [-0.39, 0.29) is 0 Å². The lowest BCUT2D eigenvalue weighted by molar-refractivity contribution is -0.141. The number of aromatic nitrogens is 2. The largest absolute Gasteiger partial charge is 0.391 e. The molecule has 1 heterocycles. The summed E-state index contributed by atoms with van der Waals surface area (Å²) in [6.07, 6.45) is -5.28. The summed E-state index contributed by atoms with van der Waals surface area (Å²) in [5, 5.41) is -0.568. The average molecular weight is 309 g/mol. The van der Waals surface area contributed by atoms with E-state index in [2.05, 4.69) is 4.98 Å². The lowest BCUT2D eigenvalue weighted by Crippen LogP contribution is -2.18. The molecule has 0 aliphatic rings. The van der Waals surface area contributed by atoms with Gasteiger partial charge in [0.1, 0.15) is 11.6 Å². The molecule has 0 fully saturated rings. The van der Waals surface area contributed by atoms with Crippen LogP contribution < -0.4 is 0 Å². The van der Waals surface area contributed by atoms with Gasteiger partial charge in [-0.15, -0.1) is 11.6 Å². The zero-order valence-corrected chi connectivity index (χ0v) is 11.6. The van der Waals surface area contributed by atoms with Crippen LogP contribution in [0.5, 0.6) is 0 Å². The fraction of sp³-hybridized carbons (Fsp3) is 0.462. The maximum atomic E-state index is 13.2. The predicted octanol–water partition coefficient (Wildman–Crippen LogP) is 4.99. The van der Waals surface area contributed by atoms with Crippen LogP contribution in [0.15, 0.2) is 18.2 Å². The summed E-state index contributed by atoms with van der Waals surface area (Å²) < 4.78 is 52.3. The molecule has 2 aromatic rings. The number of hydrogen-bond acceptors (Lipinski definition) is 1. The first-order valence-corrected chi connectivity index (χ1v) is 6.51. The first-order valence-electron chi connectivity index (χ1n) is 6.07. The summed E-state index contributed by atoms with van der Waals surface area (Å²) in [6, 6.07) is 2.95. The standard InChI is InChI=1S/C13H13ClF4N2/c1-7(6-13(16,17)18)20-11-4-3-9(15)5-10(11)19-12(20)8(2)14/h3-5,7-8H,6H2,1-2H3. The number of nitrogens with zero attached hydrogens (tertiary/aromatic N) is 2. The van der Waals surface area contributed by atoms with Crippen LogP contribution in [0.25, 0.3) is 11.0 Å². The second-order valence-corrected chi connectivity index (χ2v) is 5.41. The second-order valence-electron chi connectivity index (χ2n) is 4.76. The fourth-order valence-electron chi connectivity index (χ4n) is 2.26. The van der Waals surface area contributed by atoms with Crippen LogP contribution in [0.1, 0.15) is 37.5 Å². The molecule has 0 aliphatic carbocycles. The topological polar surface area (TPSA) is 17.8 Å². The molecule has 0 amide bonds. The van der Waals surface area contributed by atoms with Gasteiger partial charge in [-0.2, -0.15) is 13.2 Å². The predicted molar refractivity (Wildman–Crippen MR) is 69.3 cm³/mol. The van der Waals surface area contributed by atoms with E-state index in [1.807, 2.05) is 0 Å². The molecule has 2 nitrogen and oxygen atoms in total. The molecule has 0 aliphatic heterocycles. The molecule has 20 heavy (non-hydrogen) atoms. The summed E-state index contributed by atoms with van der Waals surface area (Å²) in [5.74, 6) is -0.177. The summed E-state index contributed by atoms with van der Waals surface area (Å²) >= 11 is 5.98. The number of rotatable bonds is 3. The van der Waals surface area contributed by atoms with Crippen LogP contribution in [-0.2, 0) is 0 Å². The van der Waals surface area contributed by atoms with Gasteiger partial charge in [0.2, 0.25) is 0 Å². The van der Waals surface area contributed by atoms with Crippen molar-refractivity contribution < 1.29 is 17.6 Å². The lowest BCUT2D eigenvalue weighted by atomic mass is 10.2.